The molecule has 1 aromatic carbocycles. The van der Waals surface area contributed by atoms with Gasteiger partial charge in [-0.05, 0) is 30.7 Å². The Labute approximate surface area is 143 Å². The fourth-order valence-corrected chi connectivity index (χ4v) is 3.90. The van der Waals surface area contributed by atoms with E-state index in [9.17, 15) is 14.3 Å². The highest BCUT2D eigenvalue weighted by molar-refractivity contribution is 5.78. The number of piperidine rings is 1. The van der Waals surface area contributed by atoms with E-state index in [1.54, 1.807) is 18.2 Å². The Morgan fingerprint density at radius 1 is 1.25 bits per heavy atom. The summed E-state index contributed by atoms with van der Waals surface area (Å²) < 4.78 is 14.3. The molecule has 132 valence electrons. The third-order valence-corrected chi connectivity index (χ3v) is 5.49. The number of aliphatic hydroxyl groups excluding tert-OH is 1. The Kier molecular flexibility index (Phi) is 5.09. The molecular weight excluding hydrogens is 307 g/mol. The Morgan fingerprint density at radius 2 is 1.92 bits per heavy atom. The molecule has 0 bridgehead atoms. The van der Waals surface area contributed by atoms with Crippen molar-refractivity contribution in [2.75, 3.05) is 31.1 Å². The second-order valence-electron chi connectivity index (χ2n) is 7.39. The van der Waals surface area contributed by atoms with E-state index in [2.05, 4.69) is 4.90 Å². The van der Waals surface area contributed by atoms with Gasteiger partial charge in [0.1, 0.15) is 0 Å². The Morgan fingerprint density at radius 3 is 2.50 bits per heavy atom. The molecule has 5 heteroatoms. The molecule has 1 aromatic rings. The van der Waals surface area contributed by atoms with Crippen molar-refractivity contribution in [1.82, 2.24) is 4.90 Å². The van der Waals surface area contributed by atoms with E-state index in [1.165, 1.54) is 0 Å². The van der Waals surface area contributed by atoms with Crippen molar-refractivity contribution in [2.45, 2.75) is 33.3 Å². The van der Waals surface area contributed by atoms with Crippen molar-refractivity contribution >= 4 is 11.6 Å². The first-order valence-corrected chi connectivity index (χ1v) is 8.93. The van der Waals surface area contributed by atoms with E-state index in [1.807, 2.05) is 18.7 Å². The lowest BCUT2D eigenvalue weighted by Crippen LogP contribution is -2.53. The summed E-state index contributed by atoms with van der Waals surface area (Å²) in [7, 11) is 0. The first-order chi connectivity index (χ1) is 11.5. The molecular formula is C19H27FN2O2. The van der Waals surface area contributed by atoms with Gasteiger partial charge >= 0.3 is 0 Å². The van der Waals surface area contributed by atoms with Crippen LogP contribution >= 0.6 is 0 Å². The Hall–Kier alpha value is -1.62. The van der Waals surface area contributed by atoms with Gasteiger partial charge in [0.15, 0.2) is 5.82 Å². The number of halogens is 1. The zero-order chi connectivity index (χ0) is 17.3. The van der Waals surface area contributed by atoms with Crippen LogP contribution < -0.4 is 4.90 Å². The number of hydrogen-bond acceptors (Lipinski definition) is 3. The van der Waals surface area contributed by atoms with Gasteiger partial charge in [-0.25, -0.2) is 4.39 Å². The summed E-state index contributed by atoms with van der Waals surface area (Å²) in [5.41, 5.74) is 0.960. The largest absolute Gasteiger partial charge is 0.392 e. The maximum Gasteiger partial charge on any atom is 0.225 e. The topological polar surface area (TPSA) is 43.8 Å². The maximum absolute atomic E-state index is 14.3. The van der Waals surface area contributed by atoms with Crippen molar-refractivity contribution in [3.8, 4) is 0 Å². The van der Waals surface area contributed by atoms with Crippen molar-refractivity contribution in [1.29, 1.82) is 0 Å². The van der Waals surface area contributed by atoms with Gasteiger partial charge in [0.2, 0.25) is 5.91 Å². The zero-order valence-corrected chi connectivity index (χ0v) is 14.5. The normalized spacial score (nSPS) is 19.7. The number of hydrogen-bond donors (Lipinski definition) is 1. The van der Waals surface area contributed by atoms with Crippen LogP contribution in [0.15, 0.2) is 18.2 Å². The molecule has 2 saturated heterocycles. The highest BCUT2D eigenvalue weighted by atomic mass is 19.1. The fourth-order valence-electron chi connectivity index (χ4n) is 3.90. The molecule has 1 amide bonds. The first kappa shape index (κ1) is 17.2. The minimum atomic E-state index is -0.296. The number of benzene rings is 1. The van der Waals surface area contributed by atoms with Crippen LogP contribution in [0, 0.1) is 23.6 Å². The number of rotatable bonds is 4. The summed E-state index contributed by atoms with van der Waals surface area (Å²) in [5.74, 6) is 1.24. The monoisotopic (exact) mass is 334 g/mol. The molecule has 2 heterocycles. The predicted octanol–water partition coefficient (Wildman–Crippen LogP) is 2.65. The number of carbonyl (C=O) groups excluding carboxylic acids is 1. The average Bonchev–Trinajstić information content (AvgIpc) is 2.55. The van der Waals surface area contributed by atoms with Gasteiger partial charge in [-0.2, -0.15) is 0 Å². The number of anilines is 1. The Balaban J connectivity index is 1.52. The second kappa shape index (κ2) is 7.09. The van der Waals surface area contributed by atoms with Gasteiger partial charge < -0.3 is 14.9 Å². The highest BCUT2D eigenvalue weighted by Crippen LogP contribution is 2.36. The molecule has 0 radical (unpaired) electrons. The van der Waals surface area contributed by atoms with Crippen LogP contribution in [0.1, 0.15) is 32.3 Å². The molecule has 0 atom stereocenters. The van der Waals surface area contributed by atoms with Crippen LogP contribution in [-0.2, 0) is 11.4 Å². The third-order valence-electron chi connectivity index (χ3n) is 5.49. The standard InChI is InChI=1S/C19H27FN2O2/c1-13(2)19(24)21-8-6-14(7-9-21)16-10-22(11-16)17-5-3-4-15(12-23)18(17)20/h3-5,13-14,16,23H,6-12H2,1-2H3. The van der Waals surface area contributed by atoms with Crippen molar-refractivity contribution < 1.29 is 14.3 Å². The van der Waals surface area contributed by atoms with Crippen LogP contribution in [0.3, 0.4) is 0 Å². The SMILES string of the molecule is CC(C)C(=O)N1CCC(C2CN(c3cccc(CO)c3F)C2)CC1. The molecule has 24 heavy (non-hydrogen) atoms. The van der Waals surface area contributed by atoms with E-state index in [0.29, 0.717) is 23.1 Å². The molecule has 0 aromatic heterocycles. The molecule has 4 nitrogen and oxygen atoms in total. The Bertz CT molecular complexity index is 591. The summed E-state index contributed by atoms with van der Waals surface area (Å²) in [5, 5.41) is 9.19. The molecule has 0 aliphatic carbocycles. The first-order valence-electron chi connectivity index (χ1n) is 8.93. The van der Waals surface area contributed by atoms with E-state index < -0.39 is 0 Å². The quantitative estimate of drug-likeness (QED) is 0.921. The van der Waals surface area contributed by atoms with Gasteiger partial charge in [-0.3, -0.25) is 4.79 Å². The van der Waals surface area contributed by atoms with Crippen LogP contribution in [-0.4, -0.2) is 42.1 Å². The van der Waals surface area contributed by atoms with E-state index in [4.69, 9.17) is 0 Å². The van der Waals surface area contributed by atoms with E-state index in [0.717, 1.165) is 39.0 Å². The van der Waals surface area contributed by atoms with Crippen LogP contribution in [0.5, 0.6) is 0 Å². The van der Waals surface area contributed by atoms with Crippen molar-refractivity contribution in [2.24, 2.45) is 17.8 Å². The van der Waals surface area contributed by atoms with Gasteiger partial charge in [0.05, 0.1) is 12.3 Å². The summed E-state index contributed by atoms with van der Waals surface area (Å²) >= 11 is 0. The number of likely N-dealkylation sites (tertiary alicyclic amines) is 1. The van der Waals surface area contributed by atoms with Crippen LogP contribution in [0.2, 0.25) is 0 Å². The molecule has 3 rings (SSSR count). The maximum atomic E-state index is 14.3. The predicted molar refractivity (Wildman–Crippen MR) is 92.2 cm³/mol. The molecule has 1 N–H and O–H groups in total. The lowest BCUT2D eigenvalue weighted by molar-refractivity contribution is -0.136. The minimum absolute atomic E-state index is 0.0718. The lowest BCUT2D eigenvalue weighted by atomic mass is 9.79. The van der Waals surface area contributed by atoms with Crippen molar-refractivity contribution in [3.63, 3.8) is 0 Å². The summed E-state index contributed by atoms with van der Waals surface area (Å²) in [6.07, 6.45) is 2.10. The van der Waals surface area contributed by atoms with Crippen molar-refractivity contribution in [3.05, 3.63) is 29.6 Å². The van der Waals surface area contributed by atoms with E-state index >= 15 is 0 Å². The number of nitrogens with zero attached hydrogens (tertiary/aromatic N) is 2. The zero-order valence-electron chi connectivity index (χ0n) is 14.5. The van der Waals surface area contributed by atoms with Gasteiger partial charge in [-0.1, -0.05) is 26.0 Å². The highest BCUT2D eigenvalue weighted by Gasteiger charge is 2.37. The van der Waals surface area contributed by atoms with Gasteiger partial charge in [0.25, 0.3) is 0 Å². The summed E-state index contributed by atoms with van der Waals surface area (Å²) in [6.45, 7) is 7.09. The van der Waals surface area contributed by atoms with Crippen LogP contribution in [0.4, 0.5) is 10.1 Å². The summed E-state index contributed by atoms with van der Waals surface area (Å²) in [6, 6.07) is 5.21. The molecule has 0 unspecified atom stereocenters. The number of carbonyl (C=O) groups is 1. The molecule has 2 aliphatic rings. The van der Waals surface area contributed by atoms with Crippen LogP contribution in [0.25, 0.3) is 0 Å². The van der Waals surface area contributed by atoms with Gasteiger partial charge in [-0.15, -0.1) is 0 Å². The molecule has 0 spiro atoms. The number of aliphatic hydroxyl groups is 1. The van der Waals surface area contributed by atoms with E-state index in [-0.39, 0.29) is 24.2 Å². The molecule has 2 fully saturated rings. The molecule has 2 aliphatic heterocycles. The second-order valence-corrected chi connectivity index (χ2v) is 7.39. The number of amides is 1. The minimum Gasteiger partial charge on any atom is -0.392 e. The lowest BCUT2D eigenvalue weighted by Gasteiger charge is -2.47. The van der Waals surface area contributed by atoms with Gasteiger partial charge in [0, 0.05) is 37.7 Å². The summed E-state index contributed by atoms with van der Waals surface area (Å²) in [4.78, 5) is 16.1. The average molecular weight is 334 g/mol. The smallest absolute Gasteiger partial charge is 0.225 e. The molecule has 0 saturated carbocycles. The third kappa shape index (κ3) is 3.27. The fraction of sp³-hybridized carbons (Fsp3) is 0.632.